The lowest BCUT2D eigenvalue weighted by atomic mass is 9.81. The highest BCUT2D eigenvalue weighted by Crippen LogP contribution is 2.31. The maximum Gasteiger partial charge on any atom is 0.336 e. The lowest BCUT2D eigenvalue weighted by Crippen LogP contribution is -2.23. The number of primary amides is 1. The Kier molecular flexibility index (Phi) is 6.93. The van der Waals surface area contributed by atoms with Gasteiger partial charge in [0.1, 0.15) is 0 Å². The second-order valence-corrected chi connectivity index (χ2v) is 5.30. The Morgan fingerprint density at radius 3 is 1.25 bits per heavy atom. The smallest absolute Gasteiger partial charge is 0.336 e. The number of nitrogens with two attached hydrogens (primary N) is 1. The van der Waals surface area contributed by atoms with E-state index in [0.29, 0.717) is 53.5 Å². The first kappa shape index (κ1) is 19.2. The number of rotatable bonds is 10. The molecule has 3 N–H and O–H groups in total. The van der Waals surface area contributed by atoms with Crippen LogP contribution in [0.3, 0.4) is 0 Å². The molecule has 126 valence electrons. The van der Waals surface area contributed by atoms with E-state index in [0.717, 1.165) is 0 Å². The van der Waals surface area contributed by atoms with E-state index in [1.54, 1.807) is 24.3 Å². The molecule has 0 aliphatic rings. The Morgan fingerprint density at radius 2 is 1.04 bits per heavy atom. The van der Waals surface area contributed by atoms with E-state index < -0.39 is 11.9 Å². The predicted octanol–water partition coefficient (Wildman–Crippen LogP) is 3.40. The van der Waals surface area contributed by atoms with E-state index in [1.807, 2.05) is 0 Å². The highest BCUT2D eigenvalue weighted by Gasteiger charge is 2.27. The summed E-state index contributed by atoms with van der Waals surface area (Å²) in [6.45, 7) is 14.8. The Morgan fingerprint density at radius 1 is 0.750 bits per heavy atom. The zero-order valence-corrected chi connectivity index (χ0v) is 13.8. The minimum Gasteiger partial charge on any atom is -0.478 e. The molecule has 0 radical (unpaired) electrons. The average molecular weight is 325 g/mol. The summed E-state index contributed by atoms with van der Waals surface area (Å²) in [6.07, 6.45) is 7.83. The van der Waals surface area contributed by atoms with Crippen molar-refractivity contribution >= 4 is 11.9 Å². The van der Waals surface area contributed by atoms with Crippen LogP contribution in [0.15, 0.2) is 50.6 Å². The second kappa shape index (κ2) is 8.67. The lowest BCUT2D eigenvalue weighted by Gasteiger charge is -2.22. The van der Waals surface area contributed by atoms with Gasteiger partial charge in [0.15, 0.2) is 0 Å². The number of carboxylic acids is 1. The fraction of sp³-hybridized carbons (Fsp3) is 0.200. The standard InChI is InChI=1S/C20H23NO3/c1-5-9-13-15(11-7-3)18(20(23)24)16(12-8-4)14(10-6-2)17(13)19(21)22/h5-8H,1-4,9-12H2,(H2,21,22)(H,23,24). The summed E-state index contributed by atoms with van der Waals surface area (Å²) in [6, 6.07) is 0. The minimum atomic E-state index is -1.05. The third-order valence-corrected chi connectivity index (χ3v) is 3.79. The summed E-state index contributed by atoms with van der Waals surface area (Å²) in [5, 5.41) is 9.78. The Labute approximate surface area is 142 Å². The number of carboxylic acid groups (broad SMARTS) is 1. The lowest BCUT2D eigenvalue weighted by molar-refractivity contribution is 0.0694. The number of benzene rings is 1. The van der Waals surface area contributed by atoms with Gasteiger partial charge in [0, 0.05) is 5.56 Å². The summed E-state index contributed by atoms with van der Waals surface area (Å²) < 4.78 is 0. The van der Waals surface area contributed by atoms with E-state index >= 15 is 0 Å². The maximum absolute atomic E-state index is 12.1. The molecule has 0 aromatic heterocycles. The van der Waals surface area contributed by atoms with Gasteiger partial charge in [-0.15, -0.1) is 26.3 Å². The van der Waals surface area contributed by atoms with Crippen molar-refractivity contribution in [2.24, 2.45) is 5.73 Å². The van der Waals surface area contributed by atoms with E-state index in [1.165, 1.54) is 0 Å². The van der Waals surface area contributed by atoms with Gasteiger partial charge in [0.2, 0.25) is 5.91 Å². The molecule has 4 heteroatoms. The quantitative estimate of drug-likeness (QED) is 0.647. The van der Waals surface area contributed by atoms with Crippen LogP contribution in [0.2, 0.25) is 0 Å². The normalized spacial score (nSPS) is 10.0. The maximum atomic E-state index is 12.1. The molecule has 0 aliphatic heterocycles. The van der Waals surface area contributed by atoms with Crippen LogP contribution in [-0.4, -0.2) is 17.0 Å². The molecule has 1 rings (SSSR count). The molecule has 0 saturated heterocycles. The van der Waals surface area contributed by atoms with Crippen molar-refractivity contribution in [1.82, 2.24) is 0 Å². The fourth-order valence-corrected chi connectivity index (χ4v) is 3.00. The van der Waals surface area contributed by atoms with Crippen LogP contribution < -0.4 is 5.73 Å². The monoisotopic (exact) mass is 325 g/mol. The summed E-state index contributed by atoms with van der Waals surface area (Å²) in [5.74, 6) is -1.63. The van der Waals surface area contributed by atoms with Crippen LogP contribution >= 0.6 is 0 Å². The van der Waals surface area contributed by atoms with Crippen molar-refractivity contribution in [3.63, 3.8) is 0 Å². The summed E-state index contributed by atoms with van der Waals surface area (Å²) in [4.78, 5) is 24.1. The van der Waals surface area contributed by atoms with Crippen molar-refractivity contribution in [3.05, 3.63) is 84.0 Å². The number of allylic oxidation sites excluding steroid dienone is 4. The van der Waals surface area contributed by atoms with Crippen LogP contribution in [0.4, 0.5) is 0 Å². The van der Waals surface area contributed by atoms with Crippen LogP contribution in [0.5, 0.6) is 0 Å². The number of hydrogen-bond acceptors (Lipinski definition) is 2. The highest BCUT2D eigenvalue weighted by molar-refractivity contribution is 6.01. The molecule has 24 heavy (non-hydrogen) atoms. The third kappa shape index (κ3) is 3.71. The van der Waals surface area contributed by atoms with Crippen molar-refractivity contribution in [2.75, 3.05) is 0 Å². The number of amides is 1. The van der Waals surface area contributed by atoms with Gasteiger partial charge in [-0.1, -0.05) is 24.3 Å². The number of carbonyl (C=O) groups is 2. The fourth-order valence-electron chi connectivity index (χ4n) is 3.00. The summed E-state index contributed by atoms with van der Waals surface area (Å²) >= 11 is 0. The molecule has 1 aromatic carbocycles. The zero-order valence-electron chi connectivity index (χ0n) is 13.8. The van der Waals surface area contributed by atoms with Gasteiger partial charge in [-0.25, -0.2) is 4.79 Å². The Hall–Kier alpha value is -2.88. The van der Waals surface area contributed by atoms with Crippen LogP contribution in [0, 0.1) is 0 Å². The molecule has 0 aliphatic carbocycles. The van der Waals surface area contributed by atoms with Crippen LogP contribution in [0.25, 0.3) is 0 Å². The van der Waals surface area contributed by atoms with Crippen molar-refractivity contribution in [1.29, 1.82) is 0 Å². The van der Waals surface area contributed by atoms with Crippen LogP contribution in [-0.2, 0) is 25.7 Å². The molecule has 1 aromatic rings. The molecule has 0 heterocycles. The van der Waals surface area contributed by atoms with Crippen LogP contribution in [0.1, 0.15) is 43.0 Å². The first-order chi connectivity index (χ1) is 11.4. The molecule has 4 nitrogen and oxygen atoms in total. The van der Waals surface area contributed by atoms with E-state index in [-0.39, 0.29) is 5.56 Å². The summed E-state index contributed by atoms with van der Waals surface area (Å²) in [7, 11) is 0. The first-order valence-corrected chi connectivity index (χ1v) is 7.60. The van der Waals surface area contributed by atoms with Crippen molar-refractivity contribution in [3.8, 4) is 0 Å². The van der Waals surface area contributed by atoms with Gasteiger partial charge in [0.25, 0.3) is 0 Å². The number of carbonyl (C=O) groups excluding carboxylic acids is 1. The average Bonchev–Trinajstić information content (AvgIpc) is 2.51. The number of aromatic carboxylic acids is 1. The molecule has 1 amide bonds. The molecule has 0 spiro atoms. The van der Waals surface area contributed by atoms with Gasteiger partial charge in [-0.05, 0) is 47.9 Å². The second-order valence-electron chi connectivity index (χ2n) is 5.30. The van der Waals surface area contributed by atoms with Gasteiger partial charge < -0.3 is 10.8 Å². The number of hydrogen-bond donors (Lipinski definition) is 2. The van der Waals surface area contributed by atoms with Gasteiger partial charge >= 0.3 is 5.97 Å². The highest BCUT2D eigenvalue weighted by atomic mass is 16.4. The van der Waals surface area contributed by atoms with Gasteiger partial charge in [0.05, 0.1) is 5.56 Å². The van der Waals surface area contributed by atoms with Crippen molar-refractivity contribution < 1.29 is 14.7 Å². The largest absolute Gasteiger partial charge is 0.478 e. The predicted molar refractivity (Wildman–Crippen MR) is 97.5 cm³/mol. The van der Waals surface area contributed by atoms with E-state index in [9.17, 15) is 14.7 Å². The molecular weight excluding hydrogens is 302 g/mol. The zero-order chi connectivity index (χ0) is 18.3. The molecule has 0 bridgehead atoms. The Bertz CT molecular complexity index is 608. The molecule has 0 atom stereocenters. The minimum absolute atomic E-state index is 0.188. The third-order valence-electron chi connectivity index (χ3n) is 3.79. The summed E-state index contributed by atoms with van der Waals surface area (Å²) in [5.41, 5.74) is 8.47. The molecule has 0 unspecified atom stereocenters. The van der Waals surface area contributed by atoms with Gasteiger partial charge in [-0.3, -0.25) is 4.79 Å². The SMILES string of the molecule is C=CCc1c(CC=C)c(C(=O)O)c(CC=C)c(CC=C)c1C(N)=O. The van der Waals surface area contributed by atoms with E-state index in [4.69, 9.17) is 5.73 Å². The first-order valence-electron chi connectivity index (χ1n) is 7.60. The molecule has 0 fully saturated rings. The Balaban J connectivity index is 4.11. The molecule has 0 saturated carbocycles. The van der Waals surface area contributed by atoms with Crippen molar-refractivity contribution in [2.45, 2.75) is 25.7 Å². The topological polar surface area (TPSA) is 80.4 Å². The van der Waals surface area contributed by atoms with E-state index in [2.05, 4.69) is 26.3 Å². The molecular formula is C20H23NO3. The van der Waals surface area contributed by atoms with Gasteiger partial charge in [-0.2, -0.15) is 0 Å².